The zero-order valence-electron chi connectivity index (χ0n) is 10.5. The molecule has 0 radical (unpaired) electrons. The van der Waals surface area contributed by atoms with Gasteiger partial charge in [0.15, 0.2) is 0 Å². The van der Waals surface area contributed by atoms with Crippen molar-refractivity contribution < 1.29 is 13.5 Å². The third kappa shape index (κ3) is 2.81. The Morgan fingerprint density at radius 1 is 1.28 bits per heavy atom. The molecule has 0 unspecified atom stereocenters. The topological polar surface area (TPSA) is 57.6 Å². The lowest BCUT2D eigenvalue weighted by Gasteiger charge is -2.36. The van der Waals surface area contributed by atoms with Crippen LogP contribution in [0.2, 0.25) is 0 Å². The summed E-state index contributed by atoms with van der Waals surface area (Å²) in [6.45, 7) is 5.16. The summed E-state index contributed by atoms with van der Waals surface area (Å²) in [5.41, 5.74) is 0. The Hall–Kier alpha value is -0.720. The van der Waals surface area contributed by atoms with Crippen LogP contribution in [0.5, 0.6) is 5.75 Å². The predicted molar refractivity (Wildman–Crippen MR) is 73.4 cm³/mol. The van der Waals surface area contributed by atoms with E-state index < -0.39 is 10.0 Å². The van der Waals surface area contributed by atoms with Gasteiger partial charge < -0.3 is 5.11 Å². The van der Waals surface area contributed by atoms with Gasteiger partial charge in [0.25, 0.3) is 0 Å². The highest BCUT2D eigenvalue weighted by Gasteiger charge is 2.34. The quantitative estimate of drug-likeness (QED) is 0.902. The number of aromatic hydroxyl groups is 1. The molecule has 1 aromatic carbocycles. The largest absolute Gasteiger partial charge is 0.508 e. The Kier molecular flexibility index (Phi) is 3.62. The highest BCUT2D eigenvalue weighted by atomic mass is 32.2. The molecule has 6 heteroatoms. The summed E-state index contributed by atoms with van der Waals surface area (Å²) in [4.78, 5) is 0.239. The van der Waals surface area contributed by atoms with Crippen LogP contribution in [0.4, 0.5) is 0 Å². The maximum absolute atomic E-state index is 12.4. The number of phenols is 1. The Labute approximate surface area is 112 Å². The number of hydrogen-bond donors (Lipinski definition) is 1. The predicted octanol–water partition coefficient (Wildman–Crippen LogP) is 1.91. The van der Waals surface area contributed by atoms with Crippen LogP contribution in [0.15, 0.2) is 29.2 Å². The standard InChI is InChI=1S/C12H17NO3S2/c1-12(2)9-13(7-8-17-12)18(15,16)11-5-3-10(14)4-6-11/h3-6,14H,7-9H2,1-2H3. The van der Waals surface area contributed by atoms with Crippen molar-refractivity contribution in [3.8, 4) is 5.75 Å². The van der Waals surface area contributed by atoms with Gasteiger partial charge in [-0.25, -0.2) is 8.42 Å². The maximum Gasteiger partial charge on any atom is 0.243 e. The molecule has 100 valence electrons. The van der Waals surface area contributed by atoms with Gasteiger partial charge in [0.05, 0.1) is 4.90 Å². The first-order valence-electron chi connectivity index (χ1n) is 5.74. The fraction of sp³-hybridized carbons (Fsp3) is 0.500. The van der Waals surface area contributed by atoms with Gasteiger partial charge in [-0.1, -0.05) is 0 Å². The molecule has 1 aromatic rings. The van der Waals surface area contributed by atoms with E-state index in [1.807, 2.05) is 0 Å². The number of phenolic OH excluding ortho intramolecular Hbond substituents is 1. The van der Waals surface area contributed by atoms with Gasteiger partial charge >= 0.3 is 0 Å². The second-order valence-electron chi connectivity index (χ2n) is 4.94. The van der Waals surface area contributed by atoms with Crippen molar-refractivity contribution in [2.75, 3.05) is 18.8 Å². The lowest BCUT2D eigenvalue weighted by Crippen LogP contribution is -2.46. The van der Waals surface area contributed by atoms with Crippen LogP contribution in [-0.2, 0) is 10.0 Å². The maximum atomic E-state index is 12.4. The van der Waals surface area contributed by atoms with Crippen molar-refractivity contribution in [1.29, 1.82) is 0 Å². The number of nitrogens with zero attached hydrogens (tertiary/aromatic N) is 1. The van der Waals surface area contributed by atoms with Crippen LogP contribution < -0.4 is 0 Å². The van der Waals surface area contributed by atoms with Crippen LogP contribution in [-0.4, -0.2) is 41.4 Å². The van der Waals surface area contributed by atoms with Gasteiger partial charge in [-0.2, -0.15) is 16.1 Å². The van der Waals surface area contributed by atoms with Gasteiger partial charge in [-0.3, -0.25) is 0 Å². The third-order valence-electron chi connectivity index (χ3n) is 2.87. The number of hydrogen-bond acceptors (Lipinski definition) is 4. The Morgan fingerprint density at radius 2 is 1.89 bits per heavy atom. The average Bonchev–Trinajstić information content (AvgIpc) is 2.28. The number of thioether (sulfide) groups is 1. The average molecular weight is 287 g/mol. The van der Waals surface area contributed by atoms with Crippen molar-refractivity contribution in [2.24, 2.45) is 0 Å². The molecule has 0 bridgehead atoms. The summed E-state index contributed by atoms with van der Waals surface area (Å²) >= 11 is 1.79. The zero-order chi connectivity index (χ0) is 13.4. The normalized spacial score (nSPS) is 20.8. The van der Waals surface area contributed by atoms with Crippen LogP contribution in [0.25, 0.3) is 0 Å². The van der Waals surface area contributed by atoms with E-state index in [4.69, 9.17) is 0 Å². The van der Waals surface area contributed by atoms with E-state index in [9.17, 15) is 13.5 Å². The summed E-state index contributed by atoms with van der Waals surface area (Å²) in [7, 11) is -3.44. The van der Waals surface area contributed by atoms with E-state index >= 15 is 0 Å². The van der Waals surface area contributed by atoms with Crippen molar-refractivity contribution in [2.45, 2.75) is 23.5 Å². The molecule has 1 aliphatic heterocycles. The van der Waals surface area contributed by atoms with Gasteiger partial charge in [-0.15, -0.1) is 0 Å². The van der Waals surface area contributed by atoms with Crippen molar-refractivity contribution in [3.63, 3.8) is 0 Å². The SMILES string of the molecule is CC1(C)CN(S(=O)(=O)c2ccc(O)cc2)CCS1. The number of rotatable bonds is 2. The van der Waals surface area contributed by atoms with E-state index in [1.54, 1.807) is 11.8 Å². The van der Waals surface area contributed by atoms with E-state index in [1.165, 1.54) is 28.6 Å². The minimum Gasteiger partial charge on any atom is -0.508 e. The highest BCUT2D eigenvalue weighted by Crippen LogP contribution is 2.32. The molecule has 1 heterocycles. The molecule has 0 aromatic heterocycles. The van der Waals surface area contributed by atoms with E-state index in [0.29, 0.717) is 13.1 Å². The molecule has 1 N–H and O–H groups in total. The van der Waals surface area contributed by atoms with Gasteiger partial charge in [0.1, 0.15) is 5.75 Å². The minimum atomic E-state index is -3.44. The van der Waals surface area contributed by atoms with E-state index in [-0.39, 0.29) is 15.4 Å². The molecule has 4 nitrogen and oxygen atoms in total. The van der Waals surface area contributed by atoms with Gasteiger partial charge in [0, 0.05) is 23.6 Å². The fourth-order valence-electron chi connectivity index (χ4n) is 1.95. The lowest BCUT2D eigenvalue weighted by molar-refractivity contribution is 0.387. The molecule has 0 aliphatic carbocycles. The van der Waals surface area contributed by atoms with Crippen molar-refractivity contribution in [3.05, 3.63) is 24.3 Å². The third-order valence-corrected chi connectivity index (χ3v) is 6.02. The second kappa shape index (κ2) is 4.75. The first-order valence-corrected chi connectivity index (χ1v) is 8.17. The number of sulfonamides is 1. The van der Waals surface area contributed by atoms with Crippen LogP contribution >= 0.6 is 11.8 Å². The van der Waals surface area contributed by atoms with Gasteiger partial charge in [0.2, 0.25) is 10.0 Å². The molecular weight excluding hydrogens is 270 g/mol. The Balaban J connectivity index is 2.28. The molecule has 0 atom stereocenters. The molecule has 1 saturated heterocycles. The van der Waals surface area contributed by atoms with Crippen LogP contribution in [0.3, 0.4) is 0 Å². The molecule has 1 fully saturated rings. The zero-order valence-corrected chi connectivity index (χ0v) is 12.1. The summed E-state index contributed by atoms with van der Waals surface area (Å²) in [6.07, 6.45) is 0. The van der Waals surface area contributed by atoms with E-state index in [0.717, 1.165) is 5.75 Å². The number of benzene rings is 1. The van der Waals surface area contributed by atoms with Crippen LogP contribution in [0.1, 0.15) is 13.8 Å². The molecule has 0 spiro atoms. The summed E-state index contributed by atoms with van der Waals surface area (Å²) < 4.78 is 26.3. The van der Waals surface area contributed by atoms with Crippen molar-refractivity contribution >= 4 is 21.8 Å². The Morgan fingerprint density at radius 3 is 2.44 bits per heavy atom. The van der Waals surface area contributed by atoms with Crippen molar-refractivity contribution in [1.82, 2.24) is 4.31 Å². The molecule has 0 saturated carbocycles. The second-order valence-corrected chi connectivity index (χ2v) is 8.68. The molecule has 1 aliphatic rings. The monoisotopic (exact) mass is 287 g/mol. The lowest BCUT2D eigenvalue weighted by atomic mass is 10.2. The smallest absolute Gasteiger partial charge is 0.243 e. The fourth-order valence-corrected chi connectivity index (χ4v) is 4.86. The van der Waals surface area contributed by atoms with Crippen LogP contribution in [0, 0.1) is 0 Å². The summed E-state index contributed by atoms with van der Waals surface area (Å²) in [5.74, 6) is 0.883. The van der Waals surface area contributed by atoms with E-state index in [2.05, 4.69) is 13.8 Å². The molecular formula is C12H17NO3S2. The summed E-state index contributed by atoms with van der Waals surface area (Å²) in [5, 5.41) is 9.20. The Bertz CT molecular complexity index is 523. The highest BCUT2D eigenvalue weighted by molar-refractivity contribution is 8.00. The molecule has 2 rings (SSSR count). The minimum absolute atomic E-state index is 0.0533. The van der Waals surface area contributed by atoms with Gasteiger partial charge in [-0.05, 0) is 38.1 Å². The first kappa shape index (κ1) is 13.7. The summed E-state index contributed by atoms with van der Waals surface area (Å²) in [6, 6.07) is 5.69. The first-order chi connectivity index (χ1) is 8.31. The molecule has 0 amide bonds. The molecule has 18 heavy (non-hydrogen) atoms.